The Hall–Kier alpha value is -4.41. The van der Waals surface area contributed by atoms with Crippen LogP contribution in [-0.4, -0.2) is 48.9 Å². The number of nitrogens with zero attached hydrogens (tertiary/aromatic N) is 5. The summed E-state index contributed by atoms with van der Waals surface area (Å²) >= 11 is 0. The Kier molecular flexibility index (Phi) is 5.81. The molecule has 0 amide bonds. The molecule has 0 aliphatic carbocycles. The van der Waals surface area contributed by atoms with Crippen molar-refractivity contribution in [2.75, 3.05) is 19.5 Å². The molecule has 0 unspecified atom stereocenters. The normalized spacial score (nSPS) is 12.2. The molecule has 5 rings (SSSR count). The minimum absolute atomic E-state index is 0.240. The van der Waals surface area contributed by atoms with E-state index in [9.17, 15) is 4.79 Å². The number of ether oxygens (including phenoxy) is 2. The van der Waals surface area contributed by atoms with Gasteiger partial charge in [0, 0.05) is 37.3 Å². The van der Waals surface area contributed by atoms with Gasteiger partial charge in [0.05, 0.1) is 42.5 Å². The second-order valence-corrected chi connectivity index (χ2v) is 7.97. The highest BCUT2D eigenvalue weighted by atomic mass is 16.5. The summed E-state index contributed by atoms with van der Waals surface area (Å²) in [6.45, 7) is 4.68. The average molecular weight is 475 g/mol. The van der Waals surface area contributed by atoms with E-state index in [1.54, 1.807) is 49.5 Å². The van der Waals surface area contributed by atoms with Gasteiger partial charge in [-0.05, 0) is 19.4 Å². The first kappa shape index (κ1) is 22.4. The van der Waals surface area contributed by atoms with Gasteiger partial charge in [-0.25, -0.2) is 15.0 Å². The van der Waals surface area contributed by atoms with Gasteiger partial charge in [0.1, 0.15) is 22.7 Å². The number of H-pyrrole nitrogens is 2. The number of rotatable bonds is 8. The molecule has 0 aliphatic heterocycles. The summed E-state index contributed by atoms with van der Waals surface area (Å²) in [4.78, 5) is 33.2. The van der Waals surface area contributed by atoms with Gasteiger partial charge in [-0.15, -0.1) is 0 Å². The SMILES string of the molecule is CC[C@H](Nc1c(-c2nc3cc(OC)c(OC)cc3[nH]2)c(=O)[nH]c2cn(CC)nc12)c1ncccn1. The zero-order valence-electron chi connectivity index (χ0n) is 19.9. The van der Waals surface area contributed by atoms with Crippen LogP contribution in [0, 0.1) is 0 Å². The topological polar surface area (TPSA) is 136 Å². The number of nitrogens with one attached hydrogen (secondary N) is 3. The van der Waals surface area contributed by atoms with Crippen LogP contribution in [0.3, 0.4) is 0 Å². The van der Waals surface area contributed by atoms with Crippen LogP contribution in [0.25, 0.3) is 33.5 Å². The zero-order valence-corrected chi connectivity index (χ0v) is 19.9. The maximum absolute atomic E-state index is 13.4. The van der Waals surface area contributed by atoms with Gasteiger partial charge < -0.3 is 24.8 Å². The van der Waals surface area contributed by atoms with Crippen molar-refractivity contribution in [3.8, 4) is 22.9 Å². The monoisotopic (exact) mass is 474 g/mol. The molecule has 0 fully saturated rings. The van der Waals surface area contributed by atoms with Crippen LogP contribution < -0.4 is 20.3 Å². The number of pyridine rings is 1. The number of hydrogen-bond acceptors (Lipinski definition) is 8. The van der Waals surface area contributed by atoms with Gasteiger partial charge in [-0.1, -0.05) is 6.92 Å². The zero-order chi connectivity index (χ0) is 24.5. The molecule has 3 N–H and O–H groups in total. The van der Waals surface area contributed by atoms with Crippen molar-refractivity contribution in [1.29, 1.82) is 0 Å². The predicted molar refractivity (Wildman–Crippen MR) is 133 cm³/mol. The lowest BCUT2D eigenvalue weighted by Crippen LogP contribution is -2.18. The largest absolute Gasteiger partial charge is 0.493 e. The quantitative estimate of drug-likeness (QED) is 0.310. The number of anilines is 1. The lowest BCUT2D eigenvalue weighted by atomic mass is 10.1. The van der Waals surface area contributed by atoms with E-state index in [0.717, 1.165) is 0 Å². The molecule has 11 heteroatoms. The number of imidazole rings is 1. The Bertz CT molecular complexity index is 1510. The summed E-state index contributed by atoms with van der Waals surface area (Å²) in [5.41, 5.74) is 3.23. The Labute approximate surface area is 200 Å². The van der Waals surface area contributed by atoms with Gasteiger partial charge in [0.25, 0.3) is 5.56 Å². The van der Waals surface area contributed by atoms with Gasteiger partial charge in [0.2, 0.25) is 0 Å². The second kappa shape index (κ2) is 9.09. The van der Waals surface area contributed by atoms with Crippen LogP contribution in [0.5, 0.6) is 11.5 Å². The number of aryl methyl sites for hydroxylation is 1. The smallest absolute Gasteiger partial charge is 0.261 e. The lowest BCUT2D eigenvalue weighted by Gasteiger charge is -2.18. The molecule has 35 heavy (non-hydrogen) atoms. The maximum atomic E-state index is 13.4. The third-order valence-corrected chi connectivity index (χ3v) is 5.90. The maximum Gasteiger partial charge on any atom is 0.261 e. The molecule has 0 radical (unpaired) electrons. The van der Waals surface area contributed by atoms with Crippen molar-refractivity contribution < 1.29 is 9.47 Å². The minimum atomic E-state index is -0.294. The lowest BCUT2D eigenvalue weighted by molar-refractivity contribution is 0.356. The summed E-state index contributed by atoms with van der Waals surface area (Å²) in [7, 11) is 3.14. The van der Waals surface area contributed by atoms with Gasteiger partial charge >= 0.3 is 0 Å². The summed E-state index contributed by atoms with van der Waals surface area (Å²) in [5.74, 6) is 2.14. The van der Waals surface area contributed by atoms with E-state index in [4.69, 9.17) is 19.6 Å². The van der Waals surface area contributed by atoms with Crippen molar-refractivity contribution in [2.45, 2.75) is 32.9 Å². The van der Waals surface area contributed by atoms with E-state index in [1.165, 1.54) is 0 Å². The molecule has 11 nitrogen and oxygen atoms in total. The van der Waals surface area contributed by atoms with Crippen molar-refractivity contribution in [3.05, 3.63) is 53.0 Å². The van der Waals surface area contributed by atoms with Gasteiger partial charge in [0.15, 0.2) is 11.5 Å². The number of fused-ring (bicyclic) bond motifs is 2. The fraction of sp³-hybridized carbons (Fsp3) is 0.292. The molecule has 0 saturated carbocycles. The van der Waals surface area contributed by atoms with Crippen LogP contribution in [0.2, 0.25) is 0 Å². The molecule has 0 spiro atoms. The molecule has 0 aliphatic rings. The van der Waals surface area contributed by atoms with E-state index in [-0.39, 0.29) is 11.6 Å². The van der Waals surface area contributed by atoms with Crippen LogP contribution >= 0.6 is 0 Å². The minimum Gasteiger partial charge on any atom is -0.493 e. The summed E-state index contributed by atoms with van der Waals surface area (Å²) < 4.78 is 12.6. The first-order valence-corrected chi connectivity index (χ1v) is 11.3. The summed E-state index contributed by atoms with van der Waals surface area (Å²) in [6, 6.07) is 5.10. The first-order chi connectivity index (χ1) is 17.1. The molecule has 1 aromatic carbocycles. The number of hydrogen-bond donors (Lipinski definition) is 3. The summed E-state index contributed by atoms with van der Waals surface area (Å²) in [5, 5.41) is 8.20. The van der Waals surface area contributed by atoms with E-state index < -0.39 is 0 Å². The molecule has 5 aromatic rings. The molecule has 180 valence electrons. The van der Waals surface area contributed by atoms with Crippen molar-refractivity contribution in [3.63, 3.8) is 0 Å². The van der Waals surface area contributed by atoms with Crippen LogP contribution in [0.4, 0.5) is 5.69 Å². The van der Waals surface area contributed by atoms with Gasteiger partial charge in [-0.2, -0.15) is 5.10 Å². The number of aromatic nitrogens is 7. The molecular weight excluding hydrogens is 448 g/mol. The summed E-state index contributed by atoms with van der Waals surface area (Å²) in [6.07, 6.45) is 5.92. The number of aromatic amines is 2. The Balaban J connectivity index is 1.73. The van der Waals surface area contributed by atoms with Crippen molar-refractivity contribution >= 4 is 27.8 Å². The fourth-order valence-electron chi connectivity index (χ4n) is 4.11. The third-order valence-electron chi connectivity index (χ3n) is 5.90. The molecular formula is C24H26N8O3. The third kappa shape index (κ3) is 3.94. The van der Waals surface area contributed by atoms with Crippen LogP contribution in [0.1, 0.15) is 32.1 Å². The highest BCUT2D eigenvalue weighted by Crippen LogP contribution is 2.36. The first-order valence-electron chi connectivity index (χ1n) is 11.3. The van der Waals surface area contributed by atoms with E-state index >= 15 is 0 Å². The Morgan fingerprint density at radius 3 is 2.49 bits per heavy atom. The second-order valence-electron chi connectivity index (χ2n) is 7.97. The highest BCUT2D eigenvalue weighted by Gasteiger charge is 2.24. The Morgan fingerprint density at radius 2 is 1.80 bits per heavy atom. The van der Waals surface area contributed by atoms with Gasteiger partial charge in [-0.3, -0.25) is 9.48 Å². The number of methoxy groups -OCH3 is 2. The fourth-order valence-corrected chi connectivity index (χ4v) is 4.11. The predicted octanol–water partition coefficient (Wildman–Crippen LogP) is 3.66. The average Bonchev–Trinajstić information content (AvgIpc) is 3.49. The van der Waals surface area contributed by atoms with Crippen molar-refractivity contribution in [2.24, 2.45) is 0 Å². The standard InChI is InChI=1S/C24H26N8O3/c1-5-13(22-25-8-7-9-26-22)27-21-19(24(33)30-16-12-32(6-2)31-20(16)21)23-28-14-10-17(34-3)18(35-4)11-15(14)29-23/h7-13,27H,5-6H2,1-4H3,(H,28,29)(H,30,33)/t13-/m0/s1. The van der Waals surface area contributed by atoms with E-state index in [2.05, 4.69) is 25.3 Å². The molecule has 0 saturated heterocycles. The molecule has 4 aromatic heterocycles. The van der Waals surface area contributed by atoms with Crippen LogP contribution in [-0.2, 0) is 6.54 Å². The van der Waals surface area contributed by atoms with Crippen LogP contribution in [0.15, 0.2) is 41.6 Å². The van der Waals surface area contributed by atoms with Crippen molar-refractivity contribution in [1.82, 2.24) is 34.7 Å². The van der Waals surface area contributed by atoms with E-state index in [1.807, 2.05) is 20.0 Å². The van der Waals surface area contributed by atoms with E-state index in [0.29, 0.717) is 69.4 Å². The number of benzene rings is 1. The molecule has 1 atom stereocenters. The highest BCUT2D eigenvalue weighted by molar-refractivity contribution is 5.96. The Morgan fingerprint density at radius 1 is 1.06 bits per heavy atom. The molecule has 0 bridgehead atoms. The molecule has 4 heterocycles.